The molecule has 0 atom stereocenters. The van der Waals surface area contributed by atoms with Gasteiger partial charge in [0, 0.05) is 33.2 Å². The summed E-state index contributed by atoms with van der Waals surface area (Å²) in [5.74, 6) is 0. The molecule has 0 saturated carbocycles. The quantitative estimate of drug-likeness (QED) is 0.396. The number of aromatic nitrogens is 4. The van der Waals surface area contributed by atoms with Gasteiger partial charge in [-0.05, 0) is 98.2 Å². The van der Waals surface area contributed by atoms with Crippen LogP contribution in [0.1, 0.15) is 85.6 Å². The number of hydrogen-bond donors (Lipinski definition) is 2. The standard InChI is InChI=1S/C32H34N4/c1-9-21-17(5)25-14-30-23(11-3)19(7)27(35-30)16-32-24(12-4)20(8)28(36-32)15-31-22(10-2)18(6)26(34-31)13-29(21)33-25/h9,12-16,33,36H,1,4,10-11H2,2-3,5-8H3. The van der Waals surface area contributed by atoms with Crippen LogP contribution in [0.4, 0.5) is 0 Å². The molecule has 3 aromatic rings. The first-order valence-electron chi connectivity index (χ1n) is 12.7. The second-order valence-corrected chi connectivity index (χ2v) is 9.65. The minimum absolute atomic E-state index is 0.918. The number of aryl methyl sites for hydroxylation is 2. The van der Waals surface area contributed by atoms with Crippen molar-refractivity contribution in [3.05, 3.63) is 82.5 Å². The topological polar surface area (TPSA) is 57.4 Å². The molecule has 5 heterocycles. The van der Waals surface area contributed by atoms with E-state index in [1.165, 1.54) is 33.4 Å². The Morgan fingerprint density at radius 3 is 1.31 bits per heavy atom. The van der Waals surface area contributed by atoms with Crippen molar-refractivity contribution in [2.45, 2.75) is 54.4 Å². The third kappa shape index (κ3) is 3.60. The predicted molar refractivity (Wildman–Crippen MR) is 156 cm³/mol. The predicted octanol–water partition coefficient (Wildman–Crippen LogP) is 8.90. The van der Waals surface area contributed by atoms with E-state index >= 15 is 0 Å². The van der Waals surface area contributed by atoms with E-state index in [-0.39, 0.29) is 0 Å². The first kappa shape index (κ1) is 23.8. The molecule has 0 aromatic carbocycles. The molecule has 4 nitrogen and oxygen atoms in total. The lowest BCUT2D eigenvalue weighted by Crippen LogP contribution is -1.80. The number of hydrogen-bond acceptors (Lipinski definition) is 2. The SMILES string of the molecule is C=Cc1c(C)c2cc3nc(cc4[nH]c(cc5nc(cc1[nH]2)C(C)=C5CC)c(C)c4C=C)C(C)=C3CC. The summed E-state index contributed by atoms with van der Waals surface area (Å²) in [7, 11) is 0. The fraction of sp³-hybridized carbons (Fsp3) is 0.250. The zero-order chi connectivity index (χ0) is 25.7. The largest absolute Gasteiger partial charge is 0.355 e. The van der Waals surface area contributed by atoms with Crippen LogP contribution in [0.3, 0.4) is 0 Å². The summed E-state index contributed by atoms with van der Waals surface area (Å²) in [6, 6.07) is 8.67. The summed E-state index contributed by atoms with van der Waals surface area (Å²) in [6.07, 6.45) is 5.70. The Morgan fingerprint density at radius 2 is 0.972 bits per heavy atom. The Labute approximate surface area is 213 Å². The van der Waals surface area contributed by atoms with Gasteiger partial charge in [0.15, 0.2) is 0 Å². The van der Waals surface area contributed by atoms with Gasteiger partial charge in [-0.25, -0.2) is 9.97 Å². The van der Waals surface area contributed by atoms with Gasteiger partial charge in [0.25, 0.3) is 0 Å². The summed E-state index contributed by atoms with van der Waals surface area (Å²) in [6.45, 7) is 21.2. The zero-order valence-corrected chi connectivity index (χ0v) is 22.2. The third-order valence-electron chi connectivity index (χ3n) is 7.75. The maximum absolute atomic E-state index is 5.09. The maximum Gasteiger partial charge on any atom is 0.0693 e. The fourth-order valence-corrected chi connectivity index (χ4v) is 5.56. The summed E-state index contributed by atoms with van der Waals surface area (Å²) < 4.78 is 0. The van der Waals surface area contributed by atoms with Gasteiger partial charge in [0.1, 0.15) is 0 Å². The van der Waals surface area contributed by atoms with Crippen molar-refractivity contribution in [1.29, 1.82) is 0 Å². The van der Waals surface area contributed by atoms with E-state index in [1.807, 2.05) is 12.2 Å². The Balaban J connectivity index is 2.01. The van der Waals surface area contributed by atoms with Crippen LogP contribution in [0, 0.1) is 13.8 Å². The second kappa shape index (κ2) is 8.94. The molecule has 0 unspecified atom stereocenters. The van der Waals surface area contributed by atoms with Crippen molar-refractivity contribution < 1.29 is 0 Å². The summed E-state index contributed by atoms with van der Waals surface area (Å²) in [5.41, 5.74) is 17.6. The van der Waals surface area contributed by atoms with Crippen LogP contribution < -0.4 is 0 Å². The minimum atomic E-state index is 0.918. The molecule has 0 aliphatic carbocycles. The molecule has 2 N–H and O–H groups in total. The molecule has 0 saturated heterocycles. The first-order chi connectivity index (χ1) is 17.3. The Hall–Kier alpha value is -3.92. The number of H-pyrrole nitrogens is 2. The average molecular weight is 475 g/mol. The molecule has 0 amide bonds. The number of fused-ring (bicyclic) bond motifs is 8. The second-order valence-electron chi connectivity index (χ2n) is 9.65. The van der Waals surface area contributed by atoms with Crippen LogP contribution in [-0.4, -0.2) is 19.9 Å². The lowest BCUT2D eigenvalue weighted by Gasteiger charge is -1.99. The Kier molecular flexibility index (Phi) is 5.91. The van der Waals surface area contributed by atoms with Crippen LogP contribution in [-0.2, 0) is 0 Å². The summed E-state index contributed by atoms with van der Waals surface area (Å²) >= 11 is 0. The smallest absolute Gasteiger partial charge is 0.0693 e. The lowest BCUT2D eigenvalue weighted by atomic mass is 10.0. The van der Waals surface area contributed by atoms with Crippen LogP contribution in [0.2, 0.25) is 0 Å². The molecule has 3 aromatic heterocycles. The number of allylic oxidation sites excluding steroid dienone is 4. The van der Waals surface area contributed by atoms with Crippen LogP contribution in [0.25, 0.3) is 56.5 Å². The number of aromatic amines is 2. The van der Waals surface area contributed by atoms with Gasteiger partial charge in [0.2, 0.25) is 0 Å². The molecule has 2 aliphatic rings. The van der Waals surface area contributed by atoms with E-state index in [2.05, 4.69) is 88.9 Å². The highest BCUT2D eigenvalue weighted by atomic mass is 14.8. The number of rotatable bonds is 4. The first-order valence-corrected chi connectivity index (χ1v) is 12.7. The fourth-order valence-electron chi connectivity index (χ4n) is 5.56. The molecule has 4 heteroatoms. The number of nitrogens with one attached hydrogen (secondary N) is 2. The highest BCUT2D eigenvalue weighted by molar-refractivity contribution is 5.95. The molecule has 8 bridgehead atoms. The molecule has 0 radical (unpaired) electrons. The van der Waals surface area contributed by atoms with Crippen LogP contribution in [0.5, 0.6) is 0 Å². The monoisotopic (exact) mass is 474 g/mol. The van der Waals surface area contributed by atoms with Gasteiger partial charge in [0.05, 0.1) is 22.8 Å². The van der Waals surface area contributed by atoms with Crippen molar-refractivity contribution in [3.8, 4) is 0 Å². The normalized spacial score (nSPS) is 13.5. The van der Waals surface area contributed by atoms with E-state index < -0.39 is 0 Å². The molecular formula is C32H34N4. The summed E-state index contributed by atoms with van der Waals surface area (Å²) in [5, 5.41) is 0. The Morgan fingerprint density at radius 1 is 0.611 bits per heavy atom. The molecule has 0 spiro atoms. The van der Waals surface area contributed by atoms with Gasteiger partial charge < -0.3 is 9.97 Å². The van der Waals surface area contributed by atoms with Gasteiger partial charge in [-0.1, -0.05) is 39.2 Å². The zero-order valence-electron chi connectivity index (χ0n) is 22.2. The molecule has 5 rings (SSSR count). The van der Waals surface area contributed by atoms with E-state index in [4.69, 9.17) is 9.97 Å². The van der Waals surface area contributed by atoms with Crippen molar-refractivity contribution in [3.63, 3.8) is 0 Å². The third-order valence-corrected chi connectivity index (χ3v) is 7.75. The molecule has 36 heavy (non-hydrogen) atoms. The lowest BCUT2D eigenvalue weighted by molar-refractivity contribution is 1.21. The maximum atomic E-state index is 5.09. The van der Waals surface area contributed by atoms with Crippen LogP contribution in [0.15, 0.2) is 37.4 Å². The number of nitrogens with zero attached hydrogens (tertiary/aromatic N) is 2. The molecular weight excluding hydrogens is 440 g/mol. The van der Waals surface area contributed by atoms with E-state index in [0.29, 0.717) is 0 Å². The van der Waals surface area contributed by atoms with Gasteiger partial charge in [-0.3, -0.25) is 0 Å². The molecule has 182 valence electrons. The van der Waals surface area contributed by atoms with Crippen LogP contribution >= 0.6 is 0 Å². The minimum Gasteiger partial charge on any atom is -0.355 e. The van der Waals surface area contributed by atoms with Crippen molar-refractivity contribution in [2.24, 2.45) is 0 Å². The molecule has 2 aliphatic heterocycles. The van der Waals surface area contributed by atoms with Gasteiger partial charge in [-0.2, -0.15) is 0 Å². The highest BCUT2D eigenvalue weighted by Gasteiger charge is 2.19. The Bertz CT molecular complexity index is 1540. The molecule has 0 fully saturated rings. The van der Waals surface area contributed by atoms with E-state index in [1.54, 1.807) is 0 Å². The van der Waals surface area contributed by atoms with Gasteiger partial charge in [-0.15, -0.1) is 0 Å². The highest BCUT2D eigenvalue weighted by Crippen LogP contribution is 2.36. The summed E-state index contributed by atoms with van der Waals surface area (Å²) in [4.78, 5) is 17.5. The average Bonchev–Trinajstić information content (AvgIpc) is 3.51. The van der Waals surface area contributed by atoms with Crippen molar-refractivity contribution in [2.75, 3.05) is 0 Å². The van der Waals surface area contributed by atoms with E-state index in [0.717, 1.165) is 68.8 Å². The van der Waals surface area contributed by atoms with Crippen molar-refractivity contribution >= 4 is 56.5 Å². The van der Waals surface area contributed by atoms with E-state index in [9.17, 15) is 0 Å². The van der Waals surface area contributed by atoms with Gasteiger partial charge >= 0.3 is 0 Å². The van der Waals surface area contributed by atoms with Crippen molar-refractivity contribution in [1.82, 2.24) is 19.9 Å².